The summed E-state index contributed by atoms with van der Waals surface area (Å²) in [6, 6.07) is 18.8. The van der Waals surface area contributed by atoms with Crippen molar-refractivity contribution in [2.45, 2.75) is 43.4 Å². The van der Waals surface area contributed by atoms with E-state index in [1.165, 1.54) is 0 Å². The van der Waals surface area contributed by atoms with E-state index in [2.05, 4.69) is 24.0 Å². The molecular formula is C29H28Cl2N4O2. The van der Waals surface area contributed by atoms with Gasteiger partial charge in [-0.05, 0) is 55.8 Å². The summed E-state index contributed by atoms with van der Waals surface area (Å²) in [4.78, 5) is 18.2. The second-order valence-corrected chi connectivity index (χ2v) is 11.4. The summed E-state index contributed by atoms with van der Waals surface area (Å²) < 4.78 is 5.59. The highest BCUT2D eigenvalue weighted by Gasteiger charge is 2.73. The fourth-order valence-corrected chi connectivity index (χ4v) is 7.08. The minimum atomic E-state index is -1.52. The van der Waals surface area contributed by atoms with Gasteiger partial charge in [0.1, 0.15) is 12.1 Å². The van der Waals surface area contributed by atoms with E-state index in [0.29, 0.717) is 47.5 Å². The Labute approximate surface area is 227 Å². The standard InChI is InChI=1S/C29H28Cl2N4O2/c1-19-26(34-12-14-37-15-13-34)28(17-32,18-33)35-27(2,3)24(25(36)20-4-8-22(30)9-5-20)16-29(19,35)21-6-10-23(31)11-7-21/h4-11,16,19,26H,12-15H2,1-3H3/t19-,26+,29-/m1/s1. The number of benzene rings is 2. The Balaban J connectivity index is 1.77. The van der Waals surface area contributed by atoms with E-state index in [-0.39, 0.29) is 11.7 Å². The third kappa shape index (κ3) is 3.67. The summed E-state index contributed by atoms with van der Waals surface area (Å²) in [5.41, 5.74) is -1.39. The van der Waals surface area contributed by atoms with Gasteiger partial charge in [0, 0.05) is 45.7 Å². The number of fused-ring (bicyclic) bond motifs is 1. The Morgan fingerprint density at radius 1 is 0.973 bits per heavy atom. The van der Waals surface area contributed by atoms with E-state index in [9.17, 15) is 15.3 Å². The summed E-state index contributed by atoms with van der Waals surface area (Å²) in [5, 5.41) is 22.7. The van der Waals surface area contributed by atoms with Crippen molar-refractivity contribution in [2.75, 3.05) is 26.3 Å². The molecule has 0 aromatic heterocycles. The Kier molecular flexibility index (Phi) is 6.47. The van der Waals surface area contributed by atoms with Gasteiger partial charge in [-0.25, -0.2) is 4.90 Å². The summed E-state index contributed by atoms with van der Waals surface area (Å²) in [6.07, 6.45) is 2.00. The van der Waals surface area contributed by atoms with Gasteiger partial charge >= 0.3 is 0 Å². The van der Waals surface area contributed by atoms with E-state index in [0.717, 1.165) is 5.56 Å². The third-order valence-electron chi connectivity index (χ3n) is 8.34. The predicted molar refractivity (Wildman–Crippen MR) is 142 cm³/mol. The molecule has 2 aromatic carbocycles. The molecule has 3 heterocycles. The number of carbonyl (C=O) groups is 1. The number of carbonyl (C=O) groups excluding carboxylic acids is 1. The van der Waals surface area contributed by atoms with Gasteiger partial charge in [-0.2, -0.15) is 10.5 Å². The topological polar surface area (TPSA) is 80.4 Å². The van der Waals surface area contributed by atoms with Gasteiger partial charge in [0.25, 0.3) is 0 Å². The number of hydrogen-bond acceptors (Lipinski definition) is 6. The van der Waals surface area contributed by atoms with Crippen molar-refractivity contribution >= 4 is 29.0 Å². The monoisotopic (exact) mass is 534 g/mol. The molecular weight excluding hydrogens is 507 g/mol. The smallest absolute Gasteiger partial charge is 0.213 e. The average Bonchev–Trinajstić information content (AvgIpc) is 3.30. The lowest BCUT2D eigenvalue weighted by molar-refractivity contribution is -0.00728. The van der Waals surface area contributed by atoms with E-state index >= 15 is 0 Å². The molecule has 3 aliphatic heterocycles. The fraction of sp³-hybridized carbons (Fsp3) is 0.414. The fourth-order valence-electron chi connectivity index (χ4n) is 6.83. The van der Waals surface area contributed by atoms with Crippen molar-refractivity contribution < 1.29 is 9.53 Å². The van der Waals surface area contributed by atoms with E-state index in [1.807, 2.05) is 49.1 Å². The molecule has 190 valence electrons. The maximum absolute atomic E-state index is 14.0. The van der Waals surface area contributed by atoms with Gasteiger partial charge in [0.05, 0.1) is 24.8 Å². The van der Waals surface area contributed by atoms with Gasteiger partial charge in [0.2, 0.25) is 5.54 Å². The zero-order valence-corrected chi connectivity index (χ0v) is 22.6. The van der Waals surface area contributed by atoms with Crippen molar-refractivity contribution in [1.82, 2.24) is 9.80 Å². The second-order valence-electron chi connectivity index (χ2n) is 10.5. The average molecular weight is 535 g/mol. The molecule has 8 heteroatoms. The van der Waals surface area contributed by atoms with Crippen LogP contribution in [0.1, 0.15) is 36.7 Å². The maximum atomic E-state index is 14.0. The van der Waals surface area contributed by atoms with Crippen LogP contribution < -0.4 is 0 Å². The molecule has 0 N–H and O–H groups in total. The van der Waals surface area contributed by atoms with Crippen LogP contribution in [-0.4, -0.2) is 59.0 Å². The van der Waals surface area contributed by atoms with E-state index in [1.54, 1.807) is 24.3 Å². The van der Waals surface area contributed by atoms with Crippen molar-refractivity contribution in [1.29, 1.82) is 10.5 Å². The third-order valence-corrected chi connectivity index (χ3v) is 8.84. The Bertz CT molecular complexity index is 1320. The highest BCUT2D eigenvalue weighted by atomic mass is 35.5. The molecule has 3 atom stereocenters. The molecule has 0 aliphatic carbocycles. The van der Waals surface area contributed by atoms with Gasteiger partial charge < -0.3 is 4.74 Å². The van der Waals surface area contributed by atoms with Crippen LogP contribution >= 0.6 is 23.2 Å². The van der Waals surface area contributed by atoms with Gasteiger partial charge in [-0.1, -0.05) is 48.3 Å². The number of halogens is 2. The molecule has 0 bridgehead atoms. The number of ether oxygens (including phenoxy) is 1. The van der Waals surface area contributed by atoms with E-state index < -0.39 is 22.7 Å². The number of Topliss-reactive ketones (excluding diaryl/α,β-unsaturated/α-hetero) is 1. The Morgan fingerprint density at radius 2 is 1.51 bits per heavy atom. The van der Waals surface area contributed by atoms with Crippen molar-refractivity contribution in [3.8, 4) is 12.1 Å². The largest absolute Gasteiger partial charge is 0.379 e. The number of nitriles is 2. The molecule has 3 aliphatic rings. The first-order valence-electron chi connectivity index (χ1n) is 12.4. The van der Waals surface area contributed by atoms with Crippen LogP contribution in [0.25, 0.3) is 0 Å². The summed E-state index contributed by atoms with van der Waals surface area (Å²) in [7, 11) is 0. The first-order valence-corrected chi connectivity index (χ1v) is 13.1. The van der Waals surface area contributed by atoms with Crippen LogP contribution in [0.15, 0.2) is 60.2 Å². The molecule has 0 radical (unpaired) electrons. The molecule has 2 aromatic rings. The lowest BCUT2D eigenvalue weighted by Crippen LogP contribution is -2.63. The number of nitrogens with zero attached hydrogens (tertiary/aromatic N) is 4. The molecule has 0 unspecified atom stereocenters. The summed E-state index contributed by atoms with van der Waals surface area (Å²) in [6.45, 7) is 8.30. The minimum Gasteiger partial charge on any atom is -0.379 e. The molecule has 0 amide bonds. The van der Waals surface area contributed by atoms with Crippen LogP contribution in [0.2, 0.25) is 10.0 Å². The first-order chi connectivity index (χ1) is 17.6. The van der Waals surface area contributed by atoms with Gasteiger partial charge in [-0.15, -0.1) is 0 Å². The number of morpholine rings is 1. The Morgan fingerprint density at radius 3 is 2.05 bits per heavy atom. The summed E-state index contributed by atoms with van der Waals surface area (Å²) >= 11 is 12.3. The second kappa shape index (κ2) is 9.24. The van der Waals surface area contributed by atoms with Crippen LogP contribution in [0.4, 0.5) is 0 Å². The number of hydrogen-bond donors (Lipinski definition) is 0. The van der Waals surface area contributed by atoms with Crippen LogP contribution in [-0.2, 0) is 10.3 Å². The predicted octanol–water partition coefficient (Wildman–Crippen LogP) is 5.23. The highest BCUT2D eigenvalue weighted by Crippen LogP contribution is 2.62. The quantitative estimate of drug-likeness (QED) is 0.499. The SMILES string of the molecule is C[C@@H]1[C@H](N2CCOCC2)C(C#N)(C#N)N2C(C)(C)C(C(=O)c3ccc(Cl)cc3)=C[C@]12c1ccc(Cl)cc1. The lowest BCUT2D eigenvalue weighted by atomic mass is 9.75. The number of rotatable bonds is 4. The molecule has 2 fully saturated rings. The molecule has 0 spiro atoms. The van der Waals surface area contributed by atoms with Crippen molar-refractivity contribution in [3.05, 3.63) is 81.4 Å². The number of ketones is 1. The van der Waals surface area contributed by atoms with Gasteiger partial charge in [-0.3, -0.25) is 9.69 Å². The van der Waals surface area contributed by atoms with Crippen molar-refractivity contribution in [3.63, 3.8) is 0 Å². The zero-order valence-electron chi connectivity index (χ0n) is 21.0. The Hall–Kier alpha value is -2.71. The maximum Gasteiger partial charge on any atom is 0.213 e. The van der Waals surface area contributed by atoms with Crippen molar-refractivity contribution in [2.24, 2.45) is 5.92 Å². The molecule has 5 rings (SSSR count). The minimum absolute atomic E-state index is 0.149. The summed E-state index contributed by atoms with van der Waals surface area (Å²) in [5.74, 6) is -0.356. The van der Waals surface area contributed by atoms with Crippen LogP contribution in [0, 0.1) is 28.6 Å². The van der Waals surface area contributed by atoms with E-state index in [4.69, 9.17) is 27.9 Å². The normalized spacial score (nSPS) is 28.7. The zero-order chi connectivity index (χ0) is 26.6. The lowest BCUT2D eigenvalue weighted by Gasteiger charge is -2.46. The van der Waals surface area contributed by atoms with Gasteiger partial charge in [0.15, 0.2) is 5.78 Å². The van der Waals surface area contributed by atoms with Crippen LogP contribution in [0.5, 0.6) is 0 Å². The molecule has 2 saturated heterocycles. The van der Waals surface area contributed by atoms with Crippen LogP contribution in [0.3, 0.4) is 0 Å². The first kappa shape index (κ1) is 25.9. The molecule has 0 saturated carbocycles. The highest BCUT2D eigenvalue weighted by molar-refractivity contribution is 6.31. The molecule has 37 heavy (non-hydrogen) atoms. The molecule has 6 nitrogen and oxygen atoms in total.